The topological polar surface area (TPSA) is 251 Å². The fourth-order valence-corrected chi connectivity index (χ4v) is 14.3. The third kappa shape index (κ3) is 15.4. The smallest absolute Gasteiger partial charge is 0.416 e. The van der Waals surface area contributed by atoms with E-state index in [1.807, 2.05) is 68.4 Å². The number of rotatable bonds is 21. The Morgan fingerprint density at radius 1 is 0.604 bits per heavy atom. The minimum Gasteiger partial charge on any atom is -0.507 e. The molecule has 6 aromatic carbocycles. The van der Waals surface area contributed by atoms with Gasteiger partial charge in [-0.05, 0) is 111 Å². The van der Waals surface area contributed by atoms with Gasteiger partial charge in [0.2, 0.25) is 5.91 Å². The molecular weight excluding hydrogens is 1320 g/mol. The Balaban J connectivity index is 0.000000200. The first kappa shape index (κ1) is 70.9. The average Bonchev–Trinajstić information content (AvgIpc) is 1.63. The Hall–Kier alpha value is -9.91. The second-order valence-electron chi connectivity index (χ2n) is 25.8. The van der Waals surface area contributed by atoms with Crippen molar-refractivity contribution in [1.29, 1.82) is 0 Å². The van der Waals surface area contributed by atoms with Crippen molar-refractivity contribution in [3.05, 3.63) is 191 Å². The zero-order valence-corrected chi connectivity index (χ0v) is 57.6. The highest BCUT2D eigenvalue weighted by Gasteiger charge is 2.50. The van der Waals surface area contributed by atoms with Gasteiger partial charge in [-0.25, -0.2) is 19.4 Å². The molecule has 0 spiro atoms. The van der Waals surface area contributed by atoms with Gasteiger partial charge >= 0.3 is 18.2 Å². The molecule has 7 atom stereocenters. The quantitative estimate of drug-likeness (QED) is 0.0502. The number of carbonyl (C=O) groups is 6. The Morgan fingerprint density at radius 3 is 1.54 bits per heavy atom. The molecule has 0 aromatic heterocycles. The number of carboxylic acid groups (broad SMARTS) is 1. The zero-order chi connectivity index (χ0) is 71.0. The maximum Gasteiger partial charge on any atom is 0.416 e. The minimum absolute atomic E-state index is 0.0386. The Bertz CT molecular complexity index is 4220. The highest BCUT2D eigenvalue weighted by molar-refractivity contribution is 6.19. The zero-order valence-electron chi connectivity index (χ0n) is 56.8. The lowest BCUT2D eigenvalue weighted by Crippen LogP contribution is -2.53. The van der Waals surface area contributed by atoms with Crippen LogP contribution in [0.15, 0.2) is 152 Å². The van der Waals surface area contributed by atoms with Crippen LogP contribution in [0.2, 0.25) is 0 Å². The summed E-state index contributed by atoms with van der Waals surface area (Å²) >= 11 is 6.42. The average molecular weight is 1400 g/mol. The SMILES string of the molecule is C=CCOC(=O)N1c2cc(OCc3cccc(CC(=O)N4C[C@@H](CCl)c5c4cc(O)c4ccccc54)c3)c(OC)cc2C(=O)N2C=C(C)C[C@H]2C1OC1CCCCO1.C=CCOC(=O)N1c2cc(OCc3cccc(CC(=O)O)c3)c(OC)cc2C(=O)N2C=C(C)C[C@H]2C1OC1CCCCO1. The second-order valence-corrected chi connectivity index (χ2v) is 26.1. The van der Waals surface area contributed by atoms with E-state index in [-0.39, 0.29) is 103 Å². The fraction of sp³-hybridized carbons (Fsp3) is 0.377. The number of benzene rings is 6. The first-order valence-corrected chi connectivity index (χ1v) is 34.4. The van der Waals surface area contributed by atoms with E-state index in [2.05, 4.69) is 13.2 Å². The van der Waals surface area contributed by atoms with Crippen LogP contribution in [-0.4, -0.2) is 146 Å². The molecule has 24 heteroatoms. The van der Waals surface area contributed by atoms with E-state index in [4.69, 9.17) is 64.1 Å². The van der Waals surface area contributed by atoms with Crippen LogP contribution in [0, 0.1) is 0 Å². The third-order valence-electron chi connectivity index (χ3n) is 18.7. The molecule has 4 unspecified atom stereocenters. The number of ether oxygens (including phenoxy) is 10. The summed E-state index contributed by atoms with van der Waals surface area (Å²) in [5.74, 6) is -0.167. The summed E-state index contributed by atoms with van der Waals surface area (Å²) in [7, 11) is 2.95. The number of alkyl halides is 1. The molecule has 2 fully saturated rings. The highest BCUT2D eigenvalue weighted by atomic mass is 35.5. The van der Waals surface area contributed by atoms with E-state index < -0.39 is 55.3 Å². The largest absolute Gasteiger partial charge is 0.507 e. The van der Waals surface area contributed by atoms with Crippen LogP contribution in [0.5, 0.6) is 28.7 Å². The van der Waals surface area contributed by atoms with Gasteiger partial charge in [-0.2, -0.15) is 0 Å². The number of nitrogens with zero attached hydrogens (tertiary/aromatic N) is 5. The standard InChI is InChI=1S/C45H46ClN3O9.C32H36N2O9/c1-4-15-56-45(53)49-34-22-39(38(54-3)20-33(34)43(52)48-24-27(2)17-36(48)44(49)58-41-14-7-8-16-55-41)57-26-29-11-9-10-28(18-29)19-40(51)47-25-30(23-46)42-32-13-6-5-12-31(32)37(50)21-35(42)47;1-4-11-41-32(38)34-24-17-27(42-19-22-9-7-8-21(14-22)15-28(35)36)26(39-3)16-23(24)30(37)33-18-20(2)13-25(33)31(34)43-29-10-5-6-12-40-29/h4-6,9-13,18,20-22,24,30,36,41,44,50H,1,7-8,14-17,19,23,25-26H2,2-3H3;4,7-9,14,16-18,25,29,31H,1,5-6,10-13,15,19H2,2-3H3,(H,35,36)/t30-,36+,41?,44?;25-,29?,31?/m10/s1. The van der Waals surface area contributed by atoms with Gasteiger partial charge in [0.25, 0.3) is 11.8 Å². The monoisotopic (exact) mass is 1400 g/mol. The second kappa shape index (κ2) is 31.7. The Labute approximate surface area is 590 Å². The van der Waals surface area contributed by atoms with E-state index in [9.17, 15) is 33.9 Å². The Morgan fingerprint density at radius 2 is 1.09 bits per heavy atom. The van der Waals surface area contributed by atoms with Gasteiger partial charge in [-0.1, -0.05) is 109 Å². The summed E-state index contributed by atoms with van der Waals surface area (Å²) in [5, 5.41) is 21.6. The number of carboxylic acids is 1. The van der Waals surface area contributed by atoms with Crippen LogP contribution >= 0.6 is 11.6 Å². The van der Waals surface area contributed by atoms with Gasteiger partial charge in [0.1, 0.15) is 32.2 Å². The van der Waals surface area contributed by atoms with Gasteiger partial charge in [0.05, 0.1) is 67.3 Å². The van der Waals surface area contributed by atoms with Gasteiger partial charge < -0.3 is 72.3 Å². The summed E-state index contributed by atoms with van der Waals surface area (Å²) in [6.45, 7) is 12.8. The van der Waals surface area contributed by atoms with E-state index in [1.165, 1.54) is 36.2 Å². The van der Waals surface area contributed by atoms with Crippen molar-refractivity contribution in [3.63, 3.8) is 0 Å². The predicted octanol–water partition coefficient (Wildman–Crippen LogP) is 13.2. The van der Waals surface area contributed by atoms with E-state index in [0.29, 0.717) is 74.1 Å². The van der Waals surface area contributed by atoms with Crippen molar-refractivity contribution in [3.8, 4) is 28.7 Å². The van der Waals surface area contributed by atoms with Crippen LogP contribution in [-0.2, 0) is 64.1 Å². The molecule has 7 aliphatic heterocycles. The van der Waals surface area contributed by atoms with Crippen LogP contribution in [0.3, 0.4) is 0 Å². The Kier molecular flexibility index (Phi) is 22.3. The highest BCUT2D eigenvalue weighted by Crippen LogP contribution is 2.48. The number of anilines is 3. The number of halogens is 1. The van der Waals surface area contributed by atoms with Crippen LogP contribution < -0.4 is 33.6 Å². The van der Waals surface area contributed by atoms with Crippen molar-refractivity contribution in [2.75, 3.05) is 67.8 Å². The molecule has 2 saturated heterocycles. The van der Waals surface area contributed by atoms with E-state index >= 15 is 0 Å². The van der Waals surface area contributed by atoms with Crippen LogP contribution in [0.25, 0.3) is 10.8 Å². The van der Waals surface area contributed by atoms with Crippen molar-refractivity contribution in [2.45, 2.75) is 134 Å². The molecule has 6 aromatic rings. The third-order valence-corrected chi connectivity index (χ3v) is 19.1. The maximum atomic E-state index is 14.3. The van der Waals surface area contributed by atoms with Crippen LogP contribution in [0.4, 0.5) is 26.7 Å². The first-order valence-electron chi connectivity index (χ1n) is 33.8. The van der Waals surface area contributed by atoms with Crippen molar-refractivity contribution in [1.82, 2.24) is 9.80 Å². The number of phenolic OH excluding ortho intramolecular Hbond substituents is 1. The molecule has 7 heterocycles. The summed E-state index contributed by atoms with van der Waals surface area (Å²) < 4.78 is 60.0. The molecule has 530 valence electrons. The minimum atomic E-state index is -0.945. The first-order chi connectivity index (χ1) is 49.0. The molecule has 0 aliphatic carbocycles. The fourth-order valence-electron chi connectivity index (χ4n) is 14.1. The number of phenols is 1. The molecule has 7 aliphatic rings. The molecule has 23 nitrogen and oxygen atoms in total. The van der Waals surface area contributed by atoms with Gasteiger partial charge in [-0.3, -0.25) is 19.2 Å². The summed E-state index contributed by atoms with van der Waals surface area (Å²) in [5.41, 5.74) is 7.43. The number of hydrogen-bond donors (Lipinski definition) is 2. The molecule has 0 saturated carbocycles. The number of methoxy groups -OCH3 is 2. The molecule has 2 N–H and O–H groups in total. The molecular formula is C77H82ClN5O18. The summed E-state index contributed by atoms with van der Waals surface area (Å²) in [4.78, 5) is 88.8. The van der Waals surface area contributed by atoms with Gasteiger partial charge in [0.15, 0.2) is 48.0 Å². The number of fused-ring (bicyclic) bond motifs is 7. The van der Waals surface area contributed by atoms with E-state index in [1.54, 1.807) is 75.6 Å². The lowest BCUT2D eigenvalue weighted by molar-refractivity contribution is -0.195. The normalized spacial score (nSPS) is 21.2. The van der Waals surface area contributed by atoms with Gasteiger partial charge in [0, 0.05) is 67.5 Å². The predicted molar refractivity (Wildman–Crippen MR) is 376 cm³/mol. The summed E-state index contributed by atoms with van der Waals surface area (Å²) in [6, 6.07) is 29.2. The molecule has 13 rings (SSSR count). The van der Waals surface area contributed by atoms with Crippen molar-refractivity contribution in [2.24, 2.45) is 0 Å². The number of hydrogen-bond acceptors (Lipinski definition) is 17. The van der Waals surface area contributed by atoms with Crippen LogP contribution in [0.1, 0.15) is 120 Å². The molecule has 0 bridgehead atoms. The lowest BCUT2D eigenvalue weighted by atomic mass is 9.95. The van der Waals surface area contributed by atoms with Gasteiger partial charge in [-0.15, -0.1) is 11.6 Å². The maximum absolute atomic E-state index is 14.3. The number of amides is 5. The van der Waals surface area contributed by atoms with Crippen molar-refractivity contribution >= 4 is 75.3 Å². The molecule has 0 radical (unpaired) electrons. The molecule has 101 heavy (non-hydrogen) atoms. The van der Waals surface area contributed by atoms with E-state index in [0.717, 1.165) is 69.9 Å². The molecule has 5 amide bonds. The number of carbonyl (C=O) groups excluding carboxylic acids is 5. The summed E-state index contributed by atoms with van der Waals surface area (Å²) in [6.07, 6.45) is 8.06. The number of aromatic hydroxyl groups is 1. The number of aliphatic carboxylic acids is 1. The lowest BCUT2D eigenvalue weighted by Gasteiger charge is -2.38. The van der Waals surface area contributed by atoms with Crippen molar-refractivity contribution < 1.29 is 86.3 Å².